The molecule has 1 aliphatic carbocycles. The van der Waals surface area contributed by atoms with Gasteiger partial charge >= 0.3 is 12.3 Å². The zero-order chi connectivity index (χ0) is 27.9. The minimum atomic E-state index is -5.82. The summed E-state index contributed by atoms with van der Waals surface area (Å²) in [6.07, 6.45) is -7.82. The number of anilines is 2. The second-order valence-electron chi connectivity index (χ2n) is 8.65. The summed E-state index contributed by atoms with van der Waals surface area (Å²) in [7, 11) is 0. The Hall–Kier alpha value is -3.58. The van der Waals surface area contributed by atoms with Crippen molar-refractivity contribution in [1.29, 1.82) is 0 Å². The van der Waals surface area contributed by atoms with E-state index in [0.29, 0.717) is 29.0 Å². The van der Waals surface area contributed by atoms with Gasteiger partial charge in [-0.15, -0.1) is 0 Å². The Labute approximate surface area is 225 Å². The molecular formula is C25H31F5N6OS. The molecule has 0 amide bonds. The largest absolute Gasteiger partial charge is 0.499 e. The van der Waals surface area contributed by atoms with E-state index in [1.165, 1.54) is 12.1 Å². The van der Waals surface area contributed by atoms with E-state index in [9.17, 15) is 22.0 Å². The van der Waals surface area contributed by atoms with Crippen molar-refractivity contribution in [3.8, 4) is 5.75 Å². The summed E-state index contributed by atoms with van der Waals surface area (Å²) in [6, 6.07) is 12.3. The minimum Gasteiger partial charge on any atom is -0.426 e. The molecule has 0 bridgehead atoms. The molecule has 0 heterocycles. The predicted octanol–water partition coefficient (Wildman–Crippen LogP) is 6.84. The highest BCUT2D eigenvalue weighted by Crippen LogP contribution is 2.37. The quantitative estimate of drug-likeness (QED) is 0.0887. The molecule has 208 valence electrons. The SMILES string of the molecule is C=N/C(=N\Nc1ccc(OC(F)(F)C(F)(F)F)cc1)C1=CC(NNC(=S)Nc2ccccc2C(C)C)CC1.[HH].[HH]. The van der Waals surface area contributed by atoms with Crippen LogP contribution in [0, 0.1) is 0 Å². The number of hydrogen-bond acceptors (Lipinski definition) is 5. The molecule has 0 saturated heterocycles. The van der Waals surface area contributed by atoms with Crippen LogP contribution in [-0.2, 0) is 0 Å². The molecule has 0 fully saturated rings. The van der Waals surface area contributed by atoms with Crippen molar-refractivity contribution in [2.75, 3.05) is 10.7 Å². The van der Waals surface area contributed by atoms with Gasteiger partial charge < -0.3 is 10.1 Å². The van der Waals surface area contributed by atoms with Crippen LogP contribution in [0.4, 0.5) is 33.3 Å². The van der Waals surface area contributed by atoms with Gasteiger partial charge in [-0.05, 0) is 79.2 Å². The first-order chi connectivity index (χ1) is 17.9. The fourth-order valence-electron chi connectivity index (χ4n) is 3.58. The average molecular weight is 559 g/mol. The molecule has 1 atom stereocenters. The van der Waals surface area contributed by atoms with Gasteiger partial charge in [-0.3, -0.25) is 10.9 Å². The number of benzene rings is 2. The summed E-state index contributed by atoms with van der Waals surface area (Å²) in [5.41, 5.74) is 12.0. The smallest absolute Gasteiger partial charge is 0.426 e. The second kappa shape index (κ2) is 12.3. The molecule has 2 aromatic carbocycles. The van der Waals surface area contributed by atoms with Crippen molar-refractivity contribution in [2.24, 2.45) is 10.1 Å². The van der Waals surface area contributed by atoms with E-state index < -0.39 is 18.0 Å². The van der Waals surface area contributed by atoms with Crippen LogP contribution in [0.3, 0.4) is 0 Å². The monoisotopic (exact) mass is 558 g/mol. The standard InChI is InChI=1S/C25H27F5N6OS.2H2/c1-15(2)20-6-4-5-7-21(20)32-23(38)36-34-18-9-8-16(14-18)22(31-3)35-33-17-10-12-19(13-11-17)37-25(29,30)24(26,27)28;;/h4-7,10-15,18,33-34H,3,8-9H2,1-2H3,(H2,32,36,38);2*1H/b35-22-;;. The first-order valence-electron chi connectivity index (χ1n) is 11.6. The molecule has 1 aliphatic rings. The fraction of sp³-hybridized carbons (Fsp3) is 0.320. The first-order valence-corrected chi connectivity index (χ1v) is 12.0. The second-order valence-corrected chi connectivity index (χ2v) is 9.06. The third-order valence-electron chi connectivity index (χ3n) is 5.49. The van der Waals surface area contributed by atoms with Gasteiger partial charge in [0.15, 0.2) is 10.9 Å². The zero-order valence-electron chi connectivity index (χ0n) is 20.6. The third-order valence-corrected chi connectivity index (χ3v) is 5.69. The number of thiocarbonyl (C=S) groups is 1. The molecule has 38 heavy (non-hydrogen) atoms. The predicted molar refractivity (Wildman–Crippen MR) is 147 cm³/mol. The Morgan fingerprint density at radius 2 is 1.79 bits per heavy atom. The molecule has 4 N–H and O–H groups in total. The van der Waals surface area contributed by atoms with Gasteiger partial charge in [-0.2, -0.15) is 27.1 Å². The van der Waals surface area contributed by atoms with Crippen LogP contribution in [0.5, 0.6) is 5.75 Å². The van der Waals surface area contributed by atoms with Crippen molar-refractivity contribution < 1.29 is 29.5 Å². The number of nitrogens with zero attached hydrogens (tertiary/aromatic N) is 2. The van der Waals surface area contributed by atoms with Crippen molar-refractivity contribution >= 4 is 41.3 Å². The van der Waals surface area contributed by atoms with Crippen LogP contribution in [0.1, 0.15) is 41.0 Å². The van der Waals surface area contributed by atoms with Gasteiger partial charge in [0.1, 0.15) is 5.75 Å². The lowest BCUT2D eigenvalue weighted by Crippen LogP contribution is -2.44. The lowest BCUT2D eigenvalue weighted by atomic mass is 10.0. The van der Waals surface area contributed by atoms with Crippen LogP contribution in [0.15, 0.2) is 70.3 Å². The van der Waals surface area contributed by atoms with Crippen molar-refractivity contribution in [1.82, 2.24) is 10.9 Å². The molecule has 0 saturated carbocycles. The molecule has 1 unspecified atom stereocenters. The van der Waals surface area contributed by atoms with Crippen molar-refractivity contribution in [3.05, 3.63) is 65.7 Å². The number of halogens is 5. The normalized spacial score (nSPS) is 16.2. The maximum absolute atomic E-state index is 13.0. The van der Waals surface area contributed by atoms with Crippen LogP contribution in [0.25, 0.3) is 0 Å². The van der Waals surface area contributed by atoms with E-state index in [-0.39, 0.29) is 8.90 Å². The Bertz CT molecular complexity index is 1210. The highest BCUT2D eigenvalue weighted by Gasteiger charge is 2.61. The summed E-state index contributed by atoms with van der Waals surface area (Å²) < 4.78 is 66.7. The highest BCUT2D eigenvalue weighted by molar-refractivity contribution is 7.80. The van der Waals surface area contributed by atoms with Crippen molar-refractivity contribution in [2.45, 2.75) is 50.9 Å². The molecule has 13 heteroatoms. The fourth-order valence-corrected chi connectivity index (χ4v) is 3.75. The zero-order valence-corrected chi connectivity index (χ0v) is 21.4. The number of aliphatic imine (C=N–C) groups is 1. The number of amidine groups is 1. The van der Waals surface area contributed by atoms with Gasteiger partial charge in [0.05, 0.1) is 5.69 Å². The Balaban J connectivity index is 0.00000400. The summed E-state index contributed by atoms with van der Waals surface area (Å²) >= 11 is 5.40. The summed E-state index contributed by atoms with van der Waals surface area (Å²) in [5.74, 6) is -0.00774. The Kier molecular flexibility index (Phi) is 9.39. The van der Waals surface area contributed by atoms with E-state index in [1.807, 2.05) is 30.3 Å². The molecule has 0 aliphatic heterocycles. The lowest BCUT2D eigenvalue weighted by molar-refractivity contribution is -0.360. The van der Waals surface area contributed by atoms with Crippen LogP contribution in [0.2, 0.25) is 0 Å². The number of rotatable bonds is 9. The number of alkyl halides is 5. The van der Waals surface area contributed by atoms with Crippen molar-refractivity contribution in [3.63, 3.8) is 0 Å². The molecular weight excluding hydrogens is 527 g/mol. The molecule has 0 spiro atoms. The molecule has 7 nitrogen and oxygen atoms in total. The maximum atomic E-state index is 13.0. The number of hydrazone groups is 1. The van der Waals surface area contributed by atoms with Crippen LogP contribution in [-0.4, -0.2) is 36.0 Å². The summed E-state index contributed by atoms with van der Waals surface area (Å²) in [4.78, 5) is 3.92. The molecule has 0 aromatic heterocycles. The molecule has 3 rings (SSSR count). The first kappa shape index (κ1) is 29.0. The maximum Gasteiger partial charge on any atom is 0.499 e. The minimum absolute atomic E-state index is 0. The Morgan fingerprint density at radius 1 is 1.11 bits per heavy atom. The number of hydrogen-bond donors (Lipinski definition) is 4. The van der Waals surface area contributed by atoms with Crippen LogP contribution >= 0.6 is 12.2 Å². The lowest BCUT2D eigenvalue weighted by Gasteiger charge is -2.20. The third kappa shape index (κ3) is 7.71. The summed E-state index contributed by atoms with van der Waals surface area (Å²) in [6.45, 7) is 7.73. The molecule has 2 aromatic rings. The van der Waals surface area contributed by atoms with Gasteiger partial charge in [-0.25, -0.2) is 10.4 Å². The topological polar surface area (TPSA) is 82.1 Å². The van der Waals surface area contributed by atoms with E-state index in [0.717, 1.165) is 35.4 Å². The number of para-hydroxylation sites is 1. The average Bonchev–Trinajstić information content (AvgIpc) is 3.32. The van der Waals surface area contributed by atoms with Gasteiger partial charge in [0.25, 0.3) is 0 Å². The van der Waals surface area contributed by atoms with E-state index in [4.69, 9.17) is 12.2 Å². The molecule has 0 radical (unpaired) electrons. The highest BCUT2D eigenvalue weighted by atomic mass is 32.1. The van der Waals surface area contributed by atoms with E-state index in [2.05, 4.69) is 57.0 Å². The van der Waals surface area contributed by atoms with Crippen LogP contribution < -0.4 is 26.3 Å². The Morgan fingerprint density at radius 3 is 2.42 bits per heavy atom. The van der Waals surface area contributed by atoms with Gasteiger partial charge in [0.2, 0.25) is 0 Å². The number of hydrazine groups is 1. The van der Waals surface area contributed by atoms with E-state index in [1.54, 1.807) is 0 Å². The van der Waals surface area contributed by atoms with Gasteiger partial charge in [-0.1, -0.05) is 38.1 Å². The summed E-state index contributed by atoms with van der Waals surface area (Å²) in [5, 5.41) is 7.77. The number of ether oxygens (including phenoxy) is 1. The van der Waals surface area contributed by atoms with Gasteiger partial charge in [0, 0.05) is 14.6 Å². The van der Waals surface area contributed by atoms with E-state index >= 15 is 0 Å². The number of nitrogens with one attached hydrogen (secondary N) is 4.